The van der Waals surface area contributed by atoms with Crippen LogP contribution in [0.2, 0.25) is 0 Å². The number of aromatic hydroxyl groups is 2. The average Bonchev–Trinajstić information content (AvgIpc) is 3.01. The van der Waals surface area contributed by atoms with Crippen LogP contribution in [-0.2, 0) is 0 Å². The van der Waals surface area contributed by atoms with Gasteiger partial charge in [-0.2, -0.15) is 0 Å². The lowest BCUT2D eigenvalue weighted by molar-refractivity contribution is 0.408. The van der Waals surface area contributed by atoms with Crippen LogP contribution in [-0.4, -0.2) is 20.2 Å². The number of nitrogens with zero attached hydrogens (tertiary/aromatic N) is 1. The molecule has 2 heterocycles. The normalized spacial score (nSPS) is 10.3. The maximum Gasteiger partial charge on any atom is 0.166 e. The molecule has 21 heavy (non-hydrogen) atoms. The van der Waals surface area contributed by atoms with Crippen LogP contribution in [0, 0.1) is 0 Å². The van der Waals surface area contributed by atoms with Gasteiger partial charge in [0.2, 0.25) is 0 Å². The van der Waals surface area contributed by atoms with E-state index in [1.807, 2.05) is 30.5 Å². The second kappa shape index (κ2) is 5.54. The number of hydrogen-bond donors (Lipinski definition) is 3. The minimum Gasteiger partial charge on any atom is -0.504 e. The Morgan fingerprint density at radius 1 is 0.857 bits per heavy atom. The van der Waals surface area contributed by atoms with E-state index in [1.165, 1.54) is 11.5 Å². The van der Waals surface area contributed by atoms with E-state index in [4.69, 9.17) is 5.11 Å². The van der Waals surface area contributed by atoms with Crippen molar-refractivity contribution in [2.24, 2.45) is 0 Å². The van der Waals surface area contributed by atoms with Gasteiger partial charge in [-0.15, -0.1) is 0 Å². The highest BCUT2D eigenvalue weighted by molar-refractivity contribution is 5.87. The first-order chi connectivity index (χ1) is 10.3. The first-order valence-electron chi connectivity index (χ1n) is 6.53. The van der Waals surface area contributed by atoms with Crippen molar-refractivity contribution in [3.05, 3.63) is 67.0 Å². The summed E-state index contributed by atoms with van der Waals surface area (Å²) in [6, 6.07) is 17.0. The van der Waals surface area contributed by atoms with Gasteiger partial charge in [-0.3, -0.25) is 4.98 Å². The van der Waals surface area contributed by atoms with Gasteiger partial charge in [0.25, 0.3) is 0 Å². The molecule has 0 saturated carbocycles. The number of phenols is 2. The fourth-order valence-corrected chi connectivity index (χ4v) is 2.12. The van der Waals surface area contributed by atoms with Gasteiger partial charge >= 0.3 is 0 Å². The summed E-state index contributed by atoms with van der Waals surface area (Å²) in [6.07, 6.45) is 3.52. The summed E-state index contributed by atoms with van der Waals surface area (Å²) in [5, 5.41) is 20.2. The Morgan fingerprint density at radius 3 is 2.52 bits per heavy atom. The van der Waals surface area contributed by atoms with E-state index in [0.717, 1.165) is 11.0 Å². The van der Waals surface area contributed by atoms with Crippen LogP contribution >= 0.6 is 0 Å². The number of phenolic OH excluding ortho intramolecular Hbond substituents is 2. The molecule has 2 aromatic heterocycles. The first kappa shape index (κ1) is 13.0. The van der Waals surface area contributed by atoms with Gasteiger partial charge < -0.3 is 15.2 Å². The van der Waals surface area contributed by atoms with E-state index in [-0.39, 0.29) is 11.5 Å². The molecule has 0 radical (unpaired) electrons. The van der Waals surface area contributed by atoms with E-state index < -0.39 is 0 Å². The van der Waals surface area contributed by atoms with Crippen molar-refractivity contribution in [2.45, 2.75) is 0 Å². The quantitative estimate of drug-likeness (QED) is 0.428. The molecule has 0 saturated heterocycles. The maximum atomic E-state index is 9.28. The lowest BCUT2D eigenvalue weighted by Crippen LogP contribution is -1.73. The van der Waals surface area contributed by atoms with Gasteiger partial charge in [-0.05, 0) is 30.3 Å². The van der Waals surface area contributed by atoms with Gasteiger partial charge in [0.05, 0.1) is 5.52 Å². The molecule has 0 fully saturated rings. The predicted molar refractivity (Wildman–Crippen MR) is 83.4 cm³/mol. The Labute approximate surface area is 121 Å². The van der Waals surface area contributed by atoms with Crippen LogP contribution in [0.3, 0.4) is 0 Å². The number of fused-ring (bicyclic) bond motifs is 2. The number of pyridine rings is 1. The molecule has 4 rings (SSSR count). The van der Waals surface area contributed by atoms with Crippen molar-refractivity contribution >= 4 is 21.8 Å². The summed E-state index contributed by atoms with van der Waals surface area (Å²) in [5.41, 5.74) is 1.88. The molecule has 4 aromatic rings. The standard InChI is InChI=1S/C9H7N.C8H7NO2/c1-2-6-9-8(4-1)5-3-7-10-9;10-7-2-1-6-5(8(7)11)3-4-9-6/h1-7H;1-4,9-11H. The van der Waals surface area contributed by atoms with E-state index in [2.05, 4.69) is 22.1 Å². The van der Waals surface area contributed by atoms with Crippen molar-refractivity contribution in [1.82, 2.24) is 9.97 Å². The number of hydrogen-bond acceptors (Lipinski definition) is 3. The zero-order valence-electron chi connectivity index (χ0n) is 11.2. The number of benzene rings is 2. The summed E-state index contributed by atoms with van der Waals surface area (Å²) < 4.78 is 0. The maximum absolute atomic E-state index is 9.28. The molecule has 0 aliphatic heterocycles. The molecule has 0 spiro atoms. The molecular weight excluding hydrogens is 264 g/mol. The summed E-state index contributed by atoms with van der Waals surface area (Å²) in [7, 11) is 0. The summed E-state index contributed by atoms with van der Waals surface area (Å²) in [5.74, 6) is -0.152. The number of nitrogens with one attached hydrogen (secondary N) is 1. The number of para-hydroxylation sites is 1. The average molecular weight is 278 g/mol. The molecule has 104 valence electrons. The fraction of sp³-hybridized carbons (Fsp3) is 0. The molecule has 3 N–H and O–H groups in total. The highest BCUT2D eigenvalue weighted by atomic mass is 16.3. The van der Waals surface area contributed by atoms with Crippen LogP contribution in [0.1, 0.15) is 0 Å². The van der Waals surface area contributed by atoms with E-state index in [1.54, 1.807) is 18.3 Å². The molecule has 2 aromatic carbocycles. The summed E-state index contributed by atoms with van der Waals surface area (Å²) in [6.45, 7) is 0. The van der Waals surface area contributed by atoms with Crippen LogP contribution < -0.4 is 0 Å². The Bertz CT molecular complexity index is 819. The van der Waals surface area contributed by atoms with Gasteiger partial charge in [-0.25, -0.2) is 0 Å². The molecule has 4 nitrogen and oxygen atoms in total. The molecule has 0 amide bonds. The molecule has 0 aliphatic carbocycles. The van der Waals surface area contributed by atoms with Crippen molar-refractivity contribution in [3.8, 4) is 11.5 Å². The number of aromatic amines is 1. The molecular formula is C17H14N2O2. The van der Waals surface area contributed by atoms with Crippen LogP contribution in [0.5, 0.6) is 11.5 Å². The highest BCUT2D eigenvalue weighted by Crippen LogP contribution is 2.32. The van der Waals surface area contributed by atoms with Crippen molar-refractivity contribution in [3.63, 3.8) is 0 Å². The van der Waals surface area contributed by atoms with Crippen LogP contribution in [0.4, 0.5) is 0 Å². The molecule has 0 aliphatic rings. The third kappa shape index (κ3) is 2.65. The van der Waals surface area contributed by atoms with Crippen LogP contribution in [0.15, 0.2) is 67.0 Å². The summed E-state index contributed by atoms with van der Waals surface area (Å²) >= 11 is 0. The number of aromatic nitrogens is 2. The van der Waals surface area contributed by atoms with Gasteiger partial charge in [0.15, 0.2) is 11.5 Å². The number of H-pyrrole nitrogens is 1. The lowest BCUT2D eigenvalue weighted by atomic mass is 10.2. The predicted octanol–water partition coefficient (Wildman–Crippen LogP) is 3.81. The topological polar surface area (TPSA) is 69.1 Å². The monoisotopic (exact) mass is 278 g/mol. The van der Waals surface area contributed by atoms with Gasteiger partial charge in [0, 0.05) is 28.7 Å². The van der Waals surface area contributed by atoms with E-state index in [0.29, 0.717) is 5.39 Å². The smallest absolute Gasteiger partial charge is 0.166 e. The molecule has 0 atom stereocenters. The third-order valence-electron chi connectivity index (χ3n) is 3.20. The largest absolute Gasteiger partial charge is 0.504 e. The minimum atomic E-state index is -0.0860. The zero-order chi connectivity index (χ0) is 14.7. The molecule has 0 unspecified atom stereocenters. The SMILES string of the molecule is Oc1ccc2[nH]ccc2c1O.c1ccc2ncccc2c1. The third-order valence-corrected chi connectivity index (χ3v) is 3.20. The fourth-order valence-electron chi connectivity index (χ4n) is 2.12. The van der Waals surface area contributed by atoms with Gasteiger partial charge in [0.1, 0.15) is 0 Å². The molecule has 4 heteroatoms. The summed E-state index contributed by atoms with van der Waals surface area (Å²) in [4.78, 5) is 7.10. The Kier molecular flexibility index (Phi) is 3.43. The highest BCUT2D eigenvalue weighted by Gasteiger charge is 2.03. The first-order valence-corrected chi connectivity index (χ1v) is 6.53. The Balaban J connectivity index is 0.000000126. The second-order valence-electron chi connectivity index (χ2n) is 4.57. The van der Waals surface area contributed by atoms with E-state index >= 15 is 0 Å². The second-order valence-corrected chi connectivity index (χ2v) is 4.57. The molecule has 0 bridgehead atoms. The number of rotatable bonds is 0. The van der Waals surface area contributed by atoms with Crippen molar-refractivity contribution < 1.29 is 10.2 Å². The van der Waals surface area contributed by atoms with Crippen molar-refractivity contribution in [1.29, 1.82) is 0 Å². The Hall–Kier alpha value is -3.01. The van der Waals surface area contributed by atoms with Crippen molar-refractivity contribution in [2.75, 3.05) is 0 Å². The lowest BCUT2D eigenvalue weighted by Gasteiger charge is -1.96. The van der Waals surface area contributed by atoms with E-state index in [9.17, 15) is 5.11 Å². The zero-order valence-corrected chi connectivity index (χ0v) is 11.2. The minimum absolute atomic E-state index is 0.0660. The van der Waals surface area contributed by atoms with Crippen LogP contribution in [0.25, 0.3) is 21.8 Å². The van der Waals surface area contributed by atoms with Gasteiger partial charge in [-0.1, -0.05) is 24.3 Å². The Morgan fingerprint density at radius 2 is 1.67 bits per heavy atom.